The zero-order valence-electron chi connectivity index (χ0n) is 21.6. The molecule has 0 aliphatic rings. The molecule has 7 nitrogen and oxygen atoms in total. The summed E-state index contributed by atoms with van der Waals surface area (Å²) in [6.45, 7) is 6.74. The molecule has 1 heterocycles. The van der Waals surface area contributed by atoms with Crippen LogP contribution in [-0.2, 0) is 13.0 Å². The molecular formula is C30H32N2O5. The van der Waals surface area contributed by atoms with Crippen LogP contribution in [-0.4, -0.2) is 35.7 Å². The Morgan fingerprint density at radius 1 is 0.919 bits per heavy atom. The molecule has 0 aliphatic heterocycles. The first-order valence-corrected chi connectivity index (χ1v) is 12.3. The van der Waals surface area contributed by atoms with Gasteiger partial charge in [0.25, 0.3) is 0 Å². The number of aryl methyl sites for hydroxylation is 1. The van der Waals surface area contributed by atoms with E-state index in [1.807, 2.05) is 75.4 Å². The Hall–Kier alpha value is -4.26. The van der Waals surface area contributed by atoms with Crippen molar-refractivity contribution in [1.29, 1.82) is 0 Å². The third-order valence-corrected chi connectivity index (χ3v) is 5.92. The van der Waals surface area contributed by atoms with Gasteiger partial charge in [-0.3, -0.25) is 0 Å². The van der Waals surface area contributed by atoms with Crippen molar-refractivity contribution >= 4 is 6.09 Å². The number of nitrogens with zero attached hydrogens (tertiary/aromatic N) is 2. The second-order valence-corrected chi connectivity index (χ2v) is 8.90. The second kappa shape index (κ2) is 12.1. The van der Waals surface area contributed by atoms with Crippen molar-refractivity contribution in [3.63, 3.8) is 0 Å². The largest absolute Gasteiger partial charge is 0.497 e. The minimum atomic E-state index is -0.404. The van der Waals surface area contributed by atoms with Crippen LogP contribution < -0.4 is 14.2 Å². The highest BCUT2D eigenvalue weighted by Gasteiger charge is 2.20. The number of carbonyl (C=O) groups excluding carboxylic acids is 1. The van der Waals surface area contributed by atoms with Crippen molar-refractivity contribution in [2.45, 2.75) is 39.8 Å². The van der Waals surface area contributed by atoms with Crippen LogP contribution in [0.1, 0.15) is 30.9 Å². The highest BCUT2D eigenvalue weighted by molar-refractivity contribution is 5.71. The molecule has 0 atom stereocenters. The molecule has 37 heavy (non-hydrogen) atoms. The molecule has 192 valence electrons. The number of hydrogen-bond acceptors (Lipinski definition) is 6. The van der Waals surface area contributed by atoms with Crippen LogP contribution in [0.5, 0.6) is 17.2 Å². The van der Waals surface area contributed by atoms with Crippen molar-refractivity contribution in [3.8, 4) is 28.7 Å². The molecule has 0 saturated carbocycles. The van der Waals surface area contributed by atoms with Gasteiger partial charge in [0, 0.05) is 24.6 Å². The Morgan fingerprint density at radius 2 is 1.57 bits per heavy atom. The predicted octanol–water partition coefficient (Wildman–Crippen LogP) is 6.69. The van der Waals surface area contributed by atoms with E-state index < -0.39 is 6.09 Å². The van der Waals surface area contributed by atoms with E-state index in [-0.39, 0.29) is 6.04 Å². The van der Waals surface area contributed by atoms with Gasteiger partial charge in [0.1, 0.15) is 23.0 Å². The number of oxazole rings is 1. The number of carbonyl (C=O) groups is 1. The van der Waals surface area contributed by atoms with E-state index in [4.69, 9.17) is 18.6 Å². The van der Waals surface area contributed by atoms with Crippen LogP contribution in [0.2, 0.25) is 0 Å². The van der Waals surface area contributed by atoms with E-state index in [0.717, 1.165) is 28.3 Å². The van der Waals surface area contributed by atoms with Gasteiger partial charge in [-0.25, -0.2) is 9.78 Å². The van der Waals surface area contributed by atoms with Crippen molar-refractivity contribution < 1.29 is 23.4 Å². The number of aromatic nitrogens is 1. The van der Waals surface area contributed by atoms with Crippen molar-refractivity contribution in [3.05, 3.63) is 95.9 Å². The van der Waals surface area contributed by atoms with Crippen LogP contribution in [0.4, 0.5) is 4.79 Å². The molecule has 1 aromatic heterocycles. The monoisotopic (exact) mass is 500 g/mol. The van der Waals surface area contributed by atoms with Crippen LogP contribution in [0, 0.1) is 6.92 Å². The zero-order valence-corrected chi connectivity index (χ0v) is 21.6. The summed E-state index contributed by atoms with van der Waals surface area (Å²) in [6, 6.07) is 24.5. The quantitative estimate of drug-likeness (QED) is 0.242. The third kappa shape index (κ3) is 6.91. The van der Waals surface area contributed by atoms with Gasteiger partial charge in [-0.2, -0.15) is 0 Å². The minimum absolute atomic E-state index is 0.0341. The van der Waals surface area contributed by atoms with E-state index in [1.54, 1.807) is 36.3 Å². The van der Waals surface area contributed by atoms with Gasteiger partial charge in [0.15, 0.2) is 0 Å². The smallest absolute Gasteiger partial charge is 0.415 e. The standard InChI is InChI=1S/C30H32N2O5/c1-21(2)32(30(33)37-27-16-14-25(34-4)15-17-27)20-23-10-12-26(13-11-23)35-19-18-28-22(3)36-29(31-28)24-8-6-5-7-9-24/h5-17,21H,18-20H2,1-4H3. The van der Waals surface area contributed by atoms with Crippen molar-refractivity contribution in [2.24, 2.45) is 0 Å². The summed E-state index contributed by atoms with van der Waals surface area (Å²) in [5.41, 5.74) is 2.82. The summed E-state index contributed by atoms with van der Waals surface area (Å²) in [4.78, 5) is 19.1. The first-order valence-electron chi connectivity index (χ1n) is 12.3. The topological polar surface area (TPSA) is 74.0 Å². The Labute approximate surface area is 217 Å². The lowest BCUT2D eigenvalue weighted by molar-refractivity contribution is 0.135. The molecule has 3 aromatic carbocycles. The average molecular weight is 501 g/mol. The van der Waals surface area contributed by atoms with Gasteiger partial charge < -0.3 is 23.5 Å². The molecule has 0 saturated heterocycles. The Kier molecular flexibility index (Phi) is 8.46. The fraction of sp³-hybridized carbons (Fsp3) is 0.267. The fourth-order valence-electron chi connectivity index (χ4n) is 3.78. The molecular weight excluding hydrogens is 468 g/mol. The van der Waals surface area contributed by atoms with E-state index in [9.17, 15) is 4.79 Å². The Balaban J connectivity index is 1.30. The highest BCUT2D eigenvalue weighted by atomic mass is 16.6. The molecule has 7 heteroatoms. The molecule has 0 bridgehead atoms. The highest BCUT2D eigenvalue weighted by Crippen LogP contribution is 2.23. The number of amides is 1. The SMILES string of the molecule is COc1ccc(OC(=O)N(Cc2ccc(OCCc3nc(-c4ccccc4)oc3C)cc2)C(C)C)cc1. The number of hydrogen-bond donors (Lipinski definition) is 0. The molecule has 1 amide bonds. The summed E-state index contributed by atoms with van der Waals surface area (Å²) in [6.07, 6.45) is 0.237. The average Bonchev–Trinajstić information content (AvgIpc) is 3.29. The summed E-state index contributed by atoms with van der Waals surface area (Å²) >= 11 is 0. The maximum Gasteiger partial charge on any atom is 0.415 e. The lowest BCUT2D eigenvalue weighted by Crippen LogP contribution is -2.38. The number of ether oxygens (including phenoxy) is 3. The maximum atomic E-state index is 12.8. The van der Waals surface area contributed by atoms with E-state index in [2.05, 4.69) is 4.98 Å². The lowest BCUT2D eigenvalue weighted by Gasteiger charge is -2.26. The minimum Gasteiger partial charge on any atom is -0.497 e. The summed E-state index contributed by atoms with van der Waals surface area (Å²) in [7, 11) is 1.59. The van der Waals surface area contributed by atoms with Crippen molar-refractivity contribution in [2.75, 3.05) is 13.7 Å². The predicted molar refractivity (Wildman–Crippen MR) is 142 cm³/mol. The number of rotatable bonds is 10. The van der Waals surface area contributed by atoms with E-state index in [1.165, 1.54) is 0 Å². The fourth-order valence-corrected chi connectivity index (χ4v) is 3.78. The second-order valence-electron chi connectivity index (χ2n) is 8.90. The third-order valence-electron chi connectivity index (χ3n) is 5.92. The van der Waals surface area contributed by atoms with Gasteiger partial charge >= 0.3 is 6.09 Å². The normalized spacial score (nSPS) is 10.8. The first kappa shape index (κ1) is 25.8. The first-order chi connectivity index (χ1) is 17.9. The Bertz CT molecular complexity index is 1280. The van der Waals surface area contributed by atoms with Gasteiger partial charge in [-0.15, -0.1) is 0 Å². The van der Waals surface area contributed by atoms with Crippen LogP contribution in [0.3, 0.4) is 0 Å². The zero-order chi connectivity index (χ0) is 26.2. The van der Waals surface area contributed by atoms with E-state index in [0.29, 0.717) is 37.0 Å². The number of methoxy groups -OCH3 is 1. The molecule has 0 aliphatic carbocycles. The maximum absolute atomic E-state index is 12.8. The van der Waals surface area contributed by atoms with Crippen LogP contribution in [0.15, 0.2) is 83.3 Å². The summed E-state index contributed by atoms with van der Waals surface area (Å²) < 4.78 is 22.5. The summed E-state index contributed by atoms with van der Waals surface area (Å²) in [5, 5.41) is 0. The van der Waals surface area contributed by atoms with Gasteiger partial charge in [0.2, 0.25) is 5.89 Å². The molecule has 0 fully saturated rings. The molecule has 0 radical (unpaired) electrons. The van der Waals surface area contributed by atoms with Gasteiger partial charge in [-0.05, 0) is 74.9 Å². The van der Waals surface area contributed by atoms with Crippen LogP contribution >= 0.6 is 0 Å². The molecule has 0 unspecified atom stereocenters. The number of benzene rings is 3. The molecule has 4 aromatic rings. The van der Waals surface area contributed by atoms with Gasteiger partial charge in [0.05, 0.1) is 19.4 Å². The summed E-state index contributed by atoms with van der Waals surface area (Å²) in [5.74, 6) is 3.35. The lowest BCUT2D eigenvalue weighted by atomic mass is 10.2. The Morgan fingerprint density at radius 3 is 2.22 bits per heavy atom. The molecule has 0 spiro atoms. The van der Waals surface area contributed by atoms with E-state index >= 15 is 0 Å². The molecule has 4 rings (SSSR count). The van der Waals surface area contributed by atoms with Crippen molar-refractivity contribution in [1.82, 2.24) is 9.88 Å². The van der Waals surface area contributed by atoms with Crippen LogP contribution in [0.25, 0.3) is 11.5 Å². The van der Waals surface area contributed by atoms with Gasteiger partial charge in [-0.1, -0.05) is 30.3 Å². The molecule has 0 N–H and O–H groups in total.